The molecule has 2 unspecified atom stereocenters. The lowest BCUT2D eigenvalue weighted by atomic mass is 9.85. The first-order valence-corrected chi connectivity index (χ1v) is 8.12. The fourth-order valence-electron chi connectivity index (χ4n) is 3.66. The molecule has 2 atom stereocenters. The third-order valence-corrected chi connectivity index (χ3v) is 4.96. The lowest BCUT2D eigenvalue weighted by Crippen LogP contribution is -2.51. The Labute approximate surface area is 128 Å². The van der Waals surface area contributed by atoms with Crippen LogP contribution in [-0.2, 0) is 13.6 Å². The van der Waals surface area contributed by atoms with Gasteiger partial charge in [-0.3, -0.25) is 4.90 Å². The summed E-state index contributed by atoms with van der Waals surface area (Å²) < 4.78 is 2.07. The van der Waals surface area contributed by atoms with E-state index in [-0.39, 0.29) is 12.1 Å². The number of aliphatic hydroxyl groups excluding tert-OH is 1. The molecule has 1 aliphatic carbocycles. The number of nitrogens with one attached hydrogen (secondary N) is 1. The molecule has 1 fully saturated rings. The smallest absolute Gasteiger partial charge is 0.122 e. The Morgan fingerprint density at radius 1 is 1.57 bits per heavy atom. The highest BCUT2D eigenvalue weighted by atomic mass is 16.3. The summed E-state index contributed by atoms with van der Waals surface area (Å²) in [5.41, 5.74) is -0.0428. The van der Waals surface area contributed by atoms with E-state index in [4.69, 9.17) is 0 Å². The maximum absolute atomic E-state index is 9.84. The number of likely N-dealkylation sites (N-methyl/N-ethyl adjacent to an activating group) is 1. The van der Waals surface area contributed by atoms with Crippen LogP contribution in [0.2, 0.25) is 0 Å². The van der Waals surface area contributed by atoms with Crippen molar-refractivity contribution in [2.24, 2.45) is 13.0 Å². The molecule has 0 amide bonds. The second kappa shape index (κ2) is 7.38. The summed E-state index contributed by atoms with van der Waals surface area (Å²) in [6.45, 7) is 5.24. The molecule has 1 aromatic rings. The van der Waals surface area contributed by atoms with Gasteiger partial charge in [-0.05, 0) is 45.3 Å². The zero-order valence-electron chi connectivity index (χ0n) is 13.7. The summed E-state index contributed by atoms with van der Waals surface area (Å²) in [4.78, 5) is 6.71. The van der Waals surface area contributed by atoms with E-state index >= 15 is 0 Å². The van der Waals surface area contributed by atoms with E-state index in [1.54, 1.807) is 0 Å². The van der Waals surface area contributed by atoms with Crippen LogP contribution in [0, 0.1) is 5.92 Å². The number of aryl methyl sites for hydroxylation is 1. The summed E-state index contributed by atoms with van der Waals surface area (Å²) in [6, 6.07) is 0. The fraction of sp³-hybridized carbons (Fsp3) is 0.812. The molecule has 0 spiro atoms. The predicted molar refractivity (Wildman–Crippen MR) is 85.0 cm³/mol. The highest BCUT2D eigenvalue weighted by Gasteiger charge is 2.41. The van der Waals surface area contributed by atoms with Gasteiger partial charge in [0.15, 0.2) is 0 Å². The van der Waals surface area contributed by atoms with Gasteiger partial charge in [-0.1, -0.05) is 13.3 Å². The number of rotatable bonds is 8. The summed E-state index contributed by atoms with van der Waals surface area (Å²) in [5.74, 6) is 1.68. The second-order valence-electron chi connectivity index (χ2n) is 6.41. The van der Waals surface area contributed by atoms with Crippen LogP contribution in [0.4, 0.5) is 0 Å². The average molecular weight is 294 g/mol. The number of aliphatic hydroxyl groups is 1. The number of aromatic nitrogens is 2. The van der Waals surface area contributed by atoms with Crippen molar-refractivity contribution in [3.8, 4) is 0 Å². The zero-order chi connectivity index (χ0) is 15.3. The van der Waals surface area contributed by atoms with Gasteiger partial charge in [-0.25, -0.2) is 4.98 Å². The lowest BCUT2D eigenvalue weighted by molar-refractivity contribution is 0.114. The van der Waals surface area contributed by atoms with Crippen LogP contribution in [0.1, 0.15) is 38.4 Å². The van der Waals surface area contributed by atoms with Gasteiger partial charge in [0.05, 0.1) is 13.2 Å². The van der Waals surface area contributed by atoms with Gasteiger partial charge in [0.25, 0.3) is 0 Å². The van der Waals surface area contributed by atoms with Crippen molar-refractivity contribution in [2.75, 3.05) is 26.7 Å². The largest absolute Gasteiger partial charge is 0.394 e. The van der Waals surface area contributed by atoms with Crippen LogP contribution in [0.5, 0.6) is 0 Å². The van der Waals surface area contributed by atoms with Crippen LogP contribution in [0.15, 0.2) is 12.4 Å². The molecule has 0 saturated heterocycles. The molecular weight excluding hydrogens is 264 g/mol. The van der Waals surface area contributed by atoms with E-state index in [1.165, 1.54) is 12.8 Å². The van der Waals surface area contributed by atoms with E-state index in [1.807, 2.05) is 19.4 Å². The molecule has 1 heterocycles. The van der Waals surface area contributed by atoms with Crippen molar-refractivity contribution < 1.29 is 5.11 Å². The first kappa shape index (κ1) is 16.5. The Balaban J connectivity index is 1.85. The first-order chi connectivity index (χ1) is 10.1. The Bertz CT molecular complexity index is 434. The Hall–Kier alpha value is -0.910. The zero-order valence-corrected chi connectivity index (χ0v) is 13.7. The molecule has 1 aliphatic rings. The number of nitrogens with zero attached hydrogens (tertiary/aromatic N) is 3. The van der Waals surface area contributed by atoms with Gasteiger partial charge in [0, 0.05) is 25.0 Å². The minimum absolute atomic E-state index is 0.0428. The van der Waals surface area contributed by atoms with Gasteiger partial charge in [0.2, 0.25) is 0 Å². The molecule has 0 radical (unpaired) electrons. The van der Waals surface area contributed by atoms with Crippen molar-refractivity contribution in [3.63, 3.8) is 0 Å². The Morgan fingerprint density at radius 3 is 3.00 bits per heavy atom. The molecule has 0 bridgehead atoms. The van der Waals surface area contributed by atoms with Gasteiger partial charge >= 0.3 is 0 Å². The maximum Gasteiger partial charge on any atom is 0.122 e. The molecule has 120 valence electrons. The SMILES string of the molecule is CCNC1(CO)CCCC1CCN(C)Cc1nccn1C. The summed E-state index contributed by atoms with van der Waals surface area (Å²) in [5, 5.41) is 13.4. The van der Waals surface area contributed by atoms with E-state index in [9.17, 15) is 5.11 Å². The minimum Gasteiger partial charge on any atom is -0.394 e. The molecular formula is C16H30N4O. The van der Waals surface area contributed by atoms with E-state index in [0.717, 1.165) is 38.3 Å². The van der Waals surface area contributed by atoms with Gasteiger partial charge < -0.3 is 15.0 Å². The van der Waals surface area contributed by atoms with Crippen LogP contribution in [0.3, 0.4) is 0 Å². The molecule has 0 aliphatic heterocycles. The van der Waals surface area contributed by atoms with Crippen LogP contribution in [0.25, 0.3) is 0 Å². The monoisotopic (exact) mass is 294 g/mol. The molecule has 5 nitrogen and oxygen atoms in total. The summed E-state index contributed by atoms with van der Waals surface area (Å²) in [7, 11) is 4.19. The first-order valence-electron chi connectivity index (χ1n) is 8.12. The third-order valence-electron chi connectivity index (χ3n) is 4.96. The third kappa shape index (κ3) is 3.84. The van der Waals surface area contributed by atoms with Crippen molar-refractivity contribution in [1.82, 2.24) is 19.8 Å². The van der Waals surface area contributed by atoms with Crippen molar-refractivity contribution in [2.45, 2.75) is 44.7 Å². The number of hydrogen-bond acceptors (Lipinski definition) is 4. The number of hydrogen-bond donors (Lipinski definition) is 2. The molecule has 1 aromatic heterocycles. The molecule has 5 heteroatoms. The quantitative estimate of drug-likeness (QED) is 0.760. The van der Waals surface area contributed by atoms with Crippen molar-refractivity contribution >= 4 is 0 Å². The van der Waals surface area contributed by atoms with Crippen LogP contribution < -0.4 is 5.32 Å². The fourth-order valence-corrected chi connectivity index (χ4v) is 3.66. The van der Waals surface area contributed by atoms with Crippen LogP contribution in [-0.4, -0.2) is 51.8 Å². The number of imidazole rings is 1. The van der Waals surface area contributed by atoms with Crippen molar-refractivity contribution in [3.05, 3.63) is 18.2 Å². The predicted octanol–water partition coefficient (Wildman–Crippen LogP) is 1.38. The second-order valence-corrected chi connectivity index (χ2v) is 6.41. The lowest BCUT2D eigenvalue weighted by Gasteiger charge is -2.35. The molecule has 1 saturated carbocycles. The molecule has 0 aromatic carbocycles. The molecule has 2 N–H and O–H groups in total. The average Bonchev–Trinajstić information content (AvgIpc) is 3.05. The van der Waals surface area contributed by atoms with Crippen LogP contribution >= 0.6 is 0 Å². The standard InChI is InChI=1S/C16H30N4O/c1-4-18-16(13-21)8-5-6-14(16)7-10-19(2)12-15-17-9-11-20(15)3/h9,11,14,18,21H,4-8,10,12-13H2,1-3H3. The van der Waals surface area contributed by atoms with Gasteiger partial charge in [0.1, 0.15) is 5.82 Å². The Kier molecular flexibility index (Phi) is 5.79. The minimum atomic E-state index is -0.0428. The summed E-state index contributed by atoms with van der Waals surface area (Å²) in [6.07, 6.45) is 8.52. The molecule has 2 rings (SSSR count). The highest BCUT2D eigenvalue weighted by molar-refractivity contribution is 4.99. The van der Waals surface area contributed by atoms with E-state index in [0.29, 0.717) is 5.92 Å². The van der Waals surface area contributed by atoms with Crippen molar-refractivity contribution in [1.29, 1.82) is 0 Å². The highest BCUT2D eigenvalue weighted by Crippen LogP contribution is 2.37. The molecule has 21 heavy (non-hydrogen) atoms. The van der Waals surface area contributed by atoms with E-state index < -0.39 is 0 Å². The van der Waals surface area contributed by atoms with E-state index in [2.05, 4.69) is 33.7 Å². The van der Waals surface area contributed by atoms with Gasteiger partial charge in [-0.2, -0.15) is 0 Å². The Morgan fingerprint density at radius 2 is 2.38 bits per heavy atom. The topological polar surface area (TPSA) is 53.3 Å². The normalized spacial score (nSPS) is 25.9. The van der Waals surface area contributed by atoms with Gasteiger partial charge in [-0.15, -0.1) is 0 Å². The summed E-state index contributed by atoms with van der Waals surface area (Å²) >= 11 is 0. The maximum atomic E-state index is 9.84.